The van der Waals surface area contributed by atoms with Gasteiger partial charge in [0.1, 0.15) is 0 Å². The van der Waals surface area contributed by atoms with Crippen molar-refractivity contribution in [2.45, 2.75) is 35.6 Å². The Labute approximate surface area is 70.1 Å². The van der Waals surface area contributed by atoms with Crippen LogP contribution in [0.2, 0.25) is 0 Å². The van der Waals surface area contributed by atoms with Crippen LogP contribution < -0.4 is 0 Å². The molecule has 0 radical (unpaired) electrons. The van der Waals surface area contributed by atoms with Crippen LogP contribution in [0.25, 0.3) is 0 Å². The van der Waals surface area contributed by atoms with E-state index in [9.17, 15) is 0 Å². The highest BCUT2D eigenvalue weighted by Gasteiger charge is 2.20. The maximum atomic E-state index is 4.07. The third-order valence-corrected chi connectivity index (χ3v) is 3.33. The van der Waals surface area contributed by atoms with Crippen molar-refractivity contribution in [1.82, 2.24) is 0 Å². The first-order chi connectivity index (χ1) is 4.34. The summed E-state index contributed by atoms with van der Waals surface area (Å²) in [6.45, 7) is 3.58. The monoisotopic (exact) mass is 237 g/mol. The molecule has 0 heterocycles. The SMILES string of the molecule is C=N[C@H]1CCCC[C@H]1I. The summed E-state index contributed by atoms with van der Waals surface area (Å²) in [5, 5.41) is 0. The normalized spacial score (nSPS) is 36.1. The van der Waals surface area contributed by atoms with Gasteiger partial charge in [-0.25, -0.2) is 0 Å². The molecule has 0 aromatic heterocycles. The van der Waals surface area contributed by atoms with Crippen LogP contribution in [0, 0.1) is 0 Å². The highest BCUT2D eigenvalue weighted by molar-refractivity contribution is 14.1. The molecule has 0 spiro atoms. The molecule has 1 rings (SSSR count). The second-order valence-electron chi connectivity index (χ2n) is 2.55. The Morgan fingerprint density at radius 2 is 2.00 bits per heavy atom. The van der Waals surface area contributed by atoms with E-state index < -0.39 is 0 Å². The Hall–Kier alpha value is 0.400. The summed E-state index contributed by atoms with van der Waals surface area (Å²) in [6, 6.07) is 0.555. The average Bonchev–Trinajstić information content (AvgIpc) is 1.89. The number of alkyl halides is 1. The summed E-state index contributed by atoms with van der Waals surface area (Å²) < 4.78 is 0.758. The molecule has 1 aliphatic rings. The first kappa shape index (κ1) is 7.51. The first-order valence-electron chi connectivity index (χ1n) is 3.44. The van der Waals surface area contributed by atoms with Crippen LogP contribution in [-0.2, 0) is 0 Å². The van der Waals surface area contributed by atoms with Crippen LogP contribution in [0.3, 0.4) is 0 Å². The smallest absolute Gasteiger partial charge is 0.0609 e. The van der Waals surface area contributed by atoms with E-state index >= 15 is 0 Å². The molecule has 0 bridgehead atoms. The zero-order chi connectivity index (χ0) is 6.69. The zero-order valence-corrected chi connectivity index (χ0v) is 7.67. The minimum atomic E-state index is 0.555. The van der Waals surface area contributed by atoms with Gasteiger partial charge in [-0.05, 0) is 19.6 Å². The largest absolute Gasteiger partial charge is 0.297 e. The molecular formula is C7H12IN. The summed E-state index contributed by atoms with van der Waals surface area (Å²) in [7, 11) is 0. The molecule has 1 fully saturated rings. The number of nitrogens with zero attached hydrogens (tertiary/aromatic N) is 1. The Balaban J connectivity index is 2.38. The molecule has 0 aliphatic heterocycles. The molecule has 0 aromatic rings. The lowest BCUT2D eigenvalue weighted by Crippen LogP contribution is -2.22. The summed E-state index contributed by atoms with van der Waals surface area (Å²) in [4.78, 5) is 4.07. The van der Waals surface area contributed by atoms with Gasteiger partial charge in [-0.1, -0.05) is 35.4 Å². The lowest BCUT2D eigenvalue weighted by atomic mass is 9.96. The van der Waals surface area contributed by atoms with Gasteiger partial charge in [-0.15, -0.1) is 0 Å². The van der Waals surface area contributed by atoms with Crippen LogP contribution >= 0.6 is 22.6 Å². The van der Waals surface area contributed by atoms with Gasteiger partial charge in [0, 0.05) is 3.92 Å². The second-order valence-corrected chi connectivity index (χ2v) is 4.15. The van der Waals surface area contributed by atoms with Crippen molar-refractivity contribution in [3.63, 3.8) is 0 Å². The van der Waals surface area contributed by atoms with E-state index in [0.29, 0.717) is 6.04 Å². The molecule has 0 unspecified atom stereocenters. The molecular weight excluding hydrogens is 225 g/mol. The topological polar surface area (TPSA) is 12.4 Å². The standard InChI is InChI=1S/C7H12IN/c1-9-7-5-3-2-4-6(7)8/h6-7H,1-5H2/t6-,7+/m1/s1. The fourth-order valence-electron chi connectivity index (χ4n) is 1.27. The van der Waals surface area contributed by atoms with Gasteiger partial charge in [-0.2, -0.15) is 0 Å². The molecule has 0 aromatic carbocycles. The van der Waals surface area contributed by atoms with Crippen molar-refractivity contribution in [2.75, 3.05) is 0 Å². The fraction of sp³-hybridized carbons (Fsp3) is 0.857. The summed E-state index contributed by atoms with van der Waals surface area (Å²) in [6.07, 6.45) is 5.34. The van der Waals surface area contributed by atoms with Gasteiger partial charge in [0.05, 0.1) is 6.04 Å². The Morgan fingerprint density at radius 3 is 2.44 bits per heavy atom. The van der Waals surface area contributed by atoms with E-state index in [4.69, 9.17) is 0 Å². The molecule has 0 amide bonds. The number of rotatable bonds is 1. The molecule has 1 saturated carbocycles. The molecule has 9 heavy (non-hydrogen) atoms. The molecule has 2 atom stereocenters. The predicted molar refractivity (Wildman–Crippen MR) is 49.6 cm³/mol. The van der Waals surface area contributed by atoms with Crippen LogP contribution in [0.4, 0.5) is 0 Å². The fourth-order valence-corrected chi connectivity index (χ4v) is 2.30. The van der Waals surface area contributed by atoms with Gasteiger partial charge >= 0.3 is 0 Å². The van der Waals surface area contributed by atoms with Crippen LogP contribution in [0.1, 0.15) is 25.7 Å². The summed E-state index contributed by atoms with van der Waals surface area (Å²) >= 11 is 2.49. The van der Waals surface area contributed by atoms with Crippen molar-refractivity contribution in [3.8, 4) is 0 Å². The highest BCUT2D eigenvalue weighted by atomic mass is 127. The molecule has 52 valence electrons. The summed E-state index contributed by atoms with van der Waals surface area (Å²) in [5.74, 6) is 0. The van der Waals surface area contributed by atoms with Gasteiger partial charge in [-0.3, -0.25) is 4.99 Å². The van der Waals surface area contributed by atoms with Crippen molar-refractivity contribution in [1.29, 1.82) is 0 Å². The van der Waals surface area contributed by atoms with Crippen molar-refractivity contribution >= 4 is 29.3 Å². The van der Waals surface area contributed by atoms with Gasteiger partial charge in [0.15, 0.2) is 0 Å². The second kappa shape index (κ2) is 3.54. The number of halogens is 1. The zero-order valence-electron chi connectivity index (χ0n) is 5.52. The number of hydrogen-bond donors (Lipinski definition) is 0. The first-order valence-corrected chi connectivity index (χ1v) is 4.69. The van der Waals surface area contributed by atoms with Crippen molar-refractivity contribution in [3.05, 3.63) is 0 Å². The predicted octanol–water partition coefficient (Wildman–Crippen LogP) is 2.43. The Morgan fingerprint density at radius 1 is 1.33 bits per heavy atom. The van der Waals surface area contributed by atoms with E-state index in [1.54, 1.807) is 0 Å². The molecule has 1 aliphatic carbocycles. The van der Waals surface area contributed by atoms with Gasteiger partial charge < -0.3 is 0 Å². The quantitative estimate of drug-likeness (QED) is 0.377. The van der Waals surface area contributed by atoms with E-state index in [1.165, 1.54) is 25.7 Å². The van der Waals surface area contributed by atoms with E-state index in [1.807, 2.05) is 0 Å². The minimum absolute atomic E-state index is 0.555. The van der Waals surface area contributed by atoms with Gasteiger partial charge in [0.2, 0.25) is 0 Å². The Bertz CT molecular complexity index is 103. The maximum Gasteiger partial charge on any atom is 0.0609 e. The lowest BCUT2D eigenvalue weighted by Gasteiger charge is -2.23. The molecule has 2 heteroatoms. The average molecular weight is 237 g/mol. The van der Waals surface area contributed by atoms with Crippen LogP contribution in [0.15, 0.2) is 4.99 Å². The van der Waals surface area contributed by atoms with Crippen molar-refractivity contribution < 1.29 is 0 Å². The summed E-state index contributed by atoms with van der Waals surface area (Å²) in [5.41, 5.74) is 0. The van der Waals surface area contributed by atoms with Crippen LogP contribution in [-0.4, -0.2) is 16.7 Å². The minimum Gasteiger partial charge on any atom is -0.297 e. The van der Waals surface area contributed by atoms with E-state index in [0.717, 1.165) is 3.92 Å². The lowest BCUT2D eigenvalue weighted by molar-refractivity contribution is 0.468. The molecule has 0 N–H and O–H groups in total. The van der Waals surface area contributed by atoms with E-state index in [-0.39, 0.29) is 0 Å². The van der Waals surface area contributed by atoms with Crippen LogP contribution in [0.5, 0.6) is 0 Å². The van der Waals surface area contributed by atoms with E-state index in [2.05, 4.69) is 34.3 Å². The third kappa shape index (κ3) is 1.92. The number of hydrogen-bond acceptors (Lipinski definition) is 1. The molecule has 0 saturated heterocycles. The molecule has 1 nitrogen and oxygen atoms in total. The number of aliphatic imine (C=N–C) groups is 1. The highest BCUT2D eigenvalue weighted by Crippen LogP contribution is 2.26. The van der Waals surface area contributed by atoms with Gasteiger partial charge in [0.25, 0.3) is 0 Å². The maximum absolute atomic E-state index is 4.07. The van der Waals surface area contributed by atoms with Crippen molar-refractivity contribution in [2.24, 2.45) is 4.99 Å². The Kier molecular flexibility index (Phi) is 2.95. The third-order valence-electron chi connectivity index (χ3n) is 1.88.